The van der Waals surface area contributed by atoms with Gasteiger partial charge in [0.05, 0.1) is 5.60 Å². The summed E-state index contributed by atoms with van der Waals surface area (Å²) < 4.78 is 0. The predicted molar refractivity (Wildman–Crippen MR) is 74.6 cm³/mol. The Kier molecular flexibility index (Phi) is 5.26. The normalized spacial score (nSPS) is 14.1. The highest BCUT2D eigenvalue weighted by molar-refractivity contribution is 6.35. The lowest BCUT2D eigenvalue weighted by Gasteiger charge is -2.28. The van der Waals surface area contributed by atoms with E-state index in [1.165, 1.54) is 0 Å². The standard InChI is InChI=1S/C14H16Cl2O/c1-3-5-9-14(17,8-4-2)12-7-6-11(15)10-13(12)16/h3-4,6-7,10,17H,1-2,5,8-9H2. The van der Waals surface area contributed by atoms with Crippen molar-refractivity contribution in [1.29, 1.82) is 0 Å². The predicted octanol–water partition coefficient (Wildman–Crippen LogP) is 4.72. The fourth-order valence-electron chi connectivity index (χ4n) is 1.79. The molecule has 3 heteroatoms. The molecular formula is C14H16Cl2O. The Morgan fingerprint density at radius 2 is 1.94 bits per heavy atom. The lowest BCUT2D eigenvalue weighted by Crippen LogP contribution is -2.25. The molecular weight excluding hydrogens is 255 g/mol. The first-order valence-electron chi connectivity index (χ1n) is 5.43. The minimum atomic E-state index is -1.00. The van der Waals surface area contributed by atoms with Crippen molar-refractivity contribution in [3.05, 3.63) is 59.1 Å². The van der Waals surface area contributed by atoms with Crippen molar-refractivity contribution in [2.45, 2.75) is 24.9 Å². The highest BCUT2D eigenvalue weighted by Gasteiger charge is 2.29. The summed E-state index contributed by atoms with van der Waals surface area (Å²) >= 11 is 12.0. The smallest absolute Gasteiger partial charge is 0.0948 e. The maximum atomic E-state index is 10.6. The summed E-state index contributed by atoms with van der Waals surface area (Å²) in [5, 5.41) is 11.7. The van der Waals surface area contributed by atoms with Gasteiger partial charge in [-0.2, -0.15) is 0 Å². The first kappa shape index (κ1) is 14.3. The van der Waals surface area contributed by atoms with Crippen molar-refractivity contribution >= 4 is 23.2 Å². The zero-order chi connectivity index (χ0) is 12.9. The molecule has 0 saturated carbocycles. The maximum Gasteiger partial charge on any atom is 0.0948 e. The van der Waals surface area contributed by atoms with E-state index in [1.807, 2.05) is 0 Å². The highest BCUT2D eigenvalue weighted by atomic mass is 35.5. The maximum absolute atomic E-state index is 10.6. The molecule has 0 bridgehead atoms. The Morgan fingerprint density at radius 1 is 1.24 bits per heavy atom. The van der Waals surface area contributed by atoms with E-state index in [9.17, 15) is 5.11 Å². The number of hydrogen-bond donors (Lipinski definition) is 1. The van der Waals surface area contributed by atoms with Gasteiger partial charge in [-0.1, -0.05) is 41.4 Å². The second-order valence-electron chi connectivity index (χ2n) is 3.98. The molecule has 1 nitrogen and oxygen atoms in total. The van der Waals surface area contributed by atoms with E-state index in [4.69, 9.17) is 23.2 Å². The van der Waals surface area contributed by atoms with Crippen LogP contribution in [0.25, 0.3) is 0 Å². The van der Waals surface area contributed by atoms with Crippen molar-refractivity contribution in [3.8, 4) is 0 Å². The Labute approximate surface area is 112 Å². The number of allylic oxidation sites excluding steroid dienone is 1. The first-order valence-corrected chi connectivity index (χ1v) is 6.19. The second kappa shape index (κ2) is 6.25. The number of benzene rings is 1. The SMILES string of the molecule is C=CCCC(O)(CC=C)c1ccc(Cl)cc1Cl. The van der Waals surface area contributed by atoms with Gasteiger partial charge in [0, 0.05) is 15.6 Å². The van der Waals surface area contributed by atoms with Crippen LogP contribution in [0.3, 0.4) is 0 Å². The molecule has 1 aromatic carbocycles. The van der Waals surface area contributed by atoms with E-state index in [0.29, 0.717) is 34.9 Å². The lowest BCUT2D eigenvalue weighted by molar-refractivity contribution is 0.0316. The summed E-state index contributed by atoms with van der Waals surface area (Å²) in [5.74, 6) is 0. The van der Waals surface area contributed by atoms with Gasteiger partial charge in [0.15, 0.2) is 0 Å². The molecule has 0 radical (unpaired) electrons. The Bertz CT molecular complexity index is 415. The van der Waals surface area contributed by atoms with Crippen LogP contribution >= 0.6 is 23.2 Å². The molecule has 0 amide bonds. The van der Waals surface area contributed by atoms with Crippen molar-refractivity contribution in [1.82, 2.24) is 0 Å². The molecule has 0 aliphatic rings. The summed E-state index contributed by atoms with van der Waals surface area (Å²) in [6.07, 6.45) is 5.18. The largest absolute Gasteiger partial charge is 0.385 e. The van der Waals surface area contributed by atoms with Crippen molar-refractivity contribution in [2.75, 3.05) is 0 Å². The number of halogens is 2. The quantitative estimate of drug-likeness (QED) is 0.742. The summed E-state index contributed by atoms with van der Waals surface area (Å²) in [6, 6.07) is 5.13. The van der Waals surface area contributed by atoms with E-state index < -0.39 is 5.60 Å². The fraction of sp³-hybridized carbons (Fsp3) is 0.286. The fourth-order valence-corrected chi connectivity index (χ4v) is 2.38. The van der Waals surface area contributed by atoms with Crippen LogP contribution in [0.1, 0.15) is 24.8 Å². The molecule has 0 aromatic heterocycles. The molecule has 0 aliphatic carbocycles. The van der Waals surface area contributed by atoms with Crippen molar-refractivity contribution in [3.63, 3.8) is 0 Å². The molecule has 0 aliphatic heterocycles. The van der Waals surface area contributed by atoms with Gasteiger partial charge in [0.2, 0.25) is 0 Å². The van der Waals surface area contributed by atoms with Crippen LogP contribution in [-0.2, 0) is 5.60 Å². The van der Waals surface area contributed by atoms with Gasteiger partial charge in [-0.3, -0.25) is 0 Å². The Hall–Kier alpha value is -0.760. The minimum absolute atomic E-state index is 0.447. The molecule has 0 fully saturated rings. The van der Waals surface area contributed by atoms with Crippen LogP contribution < -0.4 is 0 Å². The molecule has 0 spiro atoms. The van der Waals surface area contributed by atoms with Crippen LogP contribution in [0.15, 0.2) is 43.5 Å². The number of hydrogen-bond acceptors (Lipinski definition) is 1. The van der Waals surface area contributed by atoms with E-state index in [0.717, 1.165) is 0 Å². The zero-order valence-electron chi connectivity index (χ0n) is 9.63. The first-order chi connectivity index (χ1) is 8.03. The van der Waals surface area contributed by atoms with Gasteiger partial charge in [-0.05, 0) is 31.4 Å². The third-order valence-corrected chi connectivity index (χ3v) is 3.22. The van der Waals surface area contributed by atoms with Gasteiger partial charge in [-0.25, -0.2) is 0 Å². The molecule has 1 atom stereocenters. The molecule has 1 aromatic rings. The van der Waals surface area contributed by atoms with Crippen LogP contribution in [0.4, 0.5) is 0 Å². The number of aliphatic hydroxyl groups is 1. The average Bonchev–Trinajstić information content (AvgIpc) is 2.26. The van der Waals surface area contributed by atoms with Crippen LogP contribution in [0, 0.1) is 0 Å². The third kappa shape index (κ3) is 3.60. The van der Waals surface area contributed by atoms with E-state index in [-0.39, 0.29) is 0 Å². The van der Waals surface area contributed by atoms with Gasteiger partial charge >= 0.3 is 0 Å². The van der Waals surface area contributed by atoms with Crippen molar-refractivity contribution in [2.24, 2.45) is 0 Å². The summed E-state index contributed by atoms with van der Waals surface area (Å²) in [4.78, 5) is 0. The highest BCUT2D eigenvalue weighted by Crippen LogP contribution is 2.36. The molecule has 0 saturated heterocycles. The second-order valence-corrected chi connectivity index (χ2v) is 4.82. The molecule has 92 valence electrons. The van der Waals surface area contributed by atoms with Gasteiger partial charge in [0.25, 0.3) is 0 Å². The van der Waals surface area contributed by atoms with Crippen molar-refractivity contribution < 1.29 is 5.11 Å². The minimum Gasteiger partial charge on any atom is -0.385 e. The lowest BCUT2D eigenvalue weighted by atomic mass is 9.86. The summed E-state index contributed by atoms with van der Waals surface area (Å²) in [6.45, 7) is 7.33. The van der Waals surface area contributed by atoms with Crippen LogP contribution in [0.2, 0.25) is 10.0 Å². The molecule has 1 N–H and O–H groups in total. The van der Waals surface area contributed by atoms with Crippen LogP contribution in [-0.4, -0.2) is 5.11 Å². The molecule has 1 rings (SSSR count). The van der Waals surface area contributed by atoms with Gasteiger partial charge < -0.3 is 5.11 Å². The molecule has 1 unspecified atom stereocenters. The molecule has 17 heavy (non-hydrogen) atoms. The van der Waals surface area contributed by atoms with E-state index in [2.05, 4.69) is 13.2 Å². The van der Waals surface area contributed by atoms with Gasteiger partial charge in [-0.15, -0.1) is 13.2 Å². The van der Waals surface area contributed by atoms with Gasteiger partial charge in [0.1, 0.15) is 0 Å². The summed E-state index contributed by atoms with van der Waals surface area (Å²) in [7, 11) is 0. The summed E-state index contributed by atoms with van der Waals surface area (Å²) in [5.41, 5.74) is -0.317. The third-order valence-electron chi connectivity index (χ3n) is 2.68. The van der Waals surface area contributed by atoms with Crippen LogP contribution in [0.5, 0.6) is 0 Å². The topological polar surface area (TPSA) is 20.2 Å². The van der Waals surface area contributed by atoms with E-state index >= 15 is 0 Å². The van der Waals surface area contributed by atoms with E-state index in [1.54, 1.807) is 30.4 Å². The monoisotopic (exact) mass is 270 g/mol. The Balaban J connectivity index is 3.11. The Morgan fingerprint density at radius 3 is 2.47 bits per heavy atom. The average molecular weight is 271 g/mol. The number of rotatable bonds is 6. The molecule has 0 heterocycles. The zero-order valence-corrected chi connectivity index (χ0v) is 11.1.